The Hall–Kier alpha value is -4.10. The maximum absolute atomic E-state index is 12.8. The molecule has 5 N–H and O–H groups in total. The maximum atomic E-state index is 12.8. The molecule has 0 bridgehead atoms. The highest BCUT2D eigenvalue weighted by Crippen LogP contribution is 2.23. The van der Waals surface area contributed by atoms with E-state index in [4.69, 9.17) is 9.57 Å². The molecule has 0 amide bonds. The molecule has 0 fully saturated rings. The second kappa shape index (κ2) is 19.8. The number of carbonyl (C=O) groups is 1. The predicted molar refractivity (Wildman–Crippen MR) is 188 cm³/mol. The van der Waals surface area contributed by atoms with Crippen LogP contribution in [0.4, 0.5) is 0 Å². The second-order valence-corrected chi connectivity index (χ2v) is 13.5. The lowest BCUT2D eigenvalue weighted by atomic mass is 10.0. The molecule has 4 rings (SSSR count). The summed E-state index contributed by atoms with van der Waals surface area (Å²) >= 11 is 0. The summed E-state index contributed by atoms with van der Waals surface area (Å²) in [5.74, 6) is -0.779. The second-order valence-electron chi connectivity index (χ2n) is 11.8. The molecule has 0 saturated carbocycles. The largest absolute Gasteiger partial charge is 0.508 e. The Kier molecular flexibility index (Phi) is 15.2. The van der Waals surface area contributed by atoms with Crippen LogP contribution >= 0.6 is 0 Å². The van der Waals surface area contributed by atoms with Crippen LogP contribution in [0.2, 0.25) is 0 Å². The summed E-state index contributed by atoms with van der Waals surface area (Å²) in [5.41, 5.74) is 4.06. The summed E-state index contributed by atoms with van der Waals surface area (Å²) in [6, 6.07) is 27.7. The van der Waals surface area contributed by atoms with Crippen molar-refractivity contribution in [1.82, 2.24) is 10.2 Å². The molecule has 0 heterocycles. The number of aromatic hydroxyl groups is 1. The van der Waals surface area contributed by atoms with Gasteiger partial charge in [-0.25, -0.2) is 13.2 Å². The molecule has 0 spiro atoms. The van der Waals surface area contributed by atoms with E-state index in [1.807, 2.05) is 41.3 Å². The standard InChI is InChI=1S/C38H46N2O8S/c41-28-34-26-33(20-21-36(34)42)37(43)27-39-22-7-2-1-3-8-23-47-24-10-12-29-11-9-15-35(25-29)49(45,46)40-48-38(44)32-18-16-31(17-19-32)30-13-5-4-6-14-30/h4-6,9,11,13-21,25-26,37,39-43H,1-3,7-8,10,12,22-24,27-28H2/t37-/m0/s1. The van der Waals surface area contributed by atoms with Gasteiger partial charge in [-0.2, -0.15) is 0 Å². The van der Waals surface area contributed by atoms with Gasteiger partial charge in [-0.05, 0) is 95.8 Å². The van der Waals surface area contributed by atoms with E-state index in [0.717, 1.165) is 61.8 Å². The molecular weight excluding hydrogens is 644 g/mol. The van der Waals surface area contributed by atoms with Crippen molar-refractivity contribution in [2.24, 2.45) is 0 Å². The van der Waals surface area contributed by atoms with Crippen molar-refractivity contribution in [1.29, 1.82) is 0 Å². The number of aliphatic hydroxyl groups excluding tert-OH is 2. The molecule has 4 aromatic rings. The Labute approximate surface area is 288 Å². The van der Waals surface area contributed by atoms with Gasteiger partial charge < -0.3 is 30.2 Å². The number of phenols is 1. The molecule has 11 heteroatoms. The first-order chi connectivity index (χ1) is 23.8. The summed E-state index contributed by atoms with van der Waals surface area (Å²) in [6.07, 6.45) is 5.89. The van der Waals surface area contributed by atoms with Gasteiger partial charge in [0, 0.05) is 25.3 Å². The zero-order valence-corrected chi connectivity index (χ0v) is 28.4. The number of benzene rings is 4. The van der Waals surface area contributed by atoms with E-state index in [-0.39, 0.29) is 22.8 Å². The van der Waals surface area contributed by atoms with Gasteiger partial charge in [-0.1, -0.05) is 79.9 Å². The van der Waals surface area contributed by atoms with Crippen LogP contribution in [-0.2, 0) is 32.6 Å². The number of nitrogens with one attached hydrogen (secondary N) is 2. The average molecular weight is 691 g/mol. The molecule has 0 saturated heterocycles. The molecule has 262 valence electrons. The Morgan fingerprint density at radius 2 is 1.49 bits per heavy atom. The van der Waals surface area contributed by atoms with Gasteiger partial charge in [0.15, 0.2) is 0 Å². The number of unbranched alkanes of at least 4 members (excludes halogenated alkanes) is 4. The minimum absolute atomic E-state index is 0.0125. The lowest BCUT2D eigenvalue weighted by Crippen LogP contribution is -2.27. The highest BCUT2D eigenvalue weighted by molar-refractivity contribution is 7.89. The summed E-state index contributed by atoms with van der Waals surface area (Å²) in [6.45, 7) is 2.17. The zero-order valence-electron chi connectivity index (χ0n) is 27.6. The number of aliphatic hydroxyl groups is 2. The van der Waals surface area contributed by atoms with Crippen molar-refractivity contribution >= 4 is 16.0 Å². The van der Waals surface area contributed by atoms with Crippen molar-refractivity contribution in [3.63, 3.8) is 0 Å². The van der Waals surface area contributed by atoms with Crippen molar-refractivity contribution in [2.45, 2.75) is 62.6 Å². The van der Waals surface area contributed by atoms with E-state index in [2.05, 4.69) is 5.32 Å². The smallest absolute Gasteiger partial charge is 0.357 e. The lowest BCUT2D eigenvalue weighted by Gasteiger charge is -2.14. The molecule has 0 aromatic heterocycles. The molecule has 0 aliphatic heterocycles. The van der Waals surface area contributed by atoms with Crippen LogP contribution in [0, 0.1) is 0 Å². The molecule has 49 heavy (non-hydrogen) atoms. The normalized spacial score (nSPS) is 12.1. The molecule has 0 aliphatic rings. The topological polar surface area (TPSA) is 154 Å². The van der Waals surface area contributed by atoms with Crippen molar-refractivity contribution < 1.29 is 38.1 Å². The average Bonchev–Trinajstić information content (AvgIpc) is 3.13. The highest BCUT2D eigenvalue weighted by Gasteiger charge is 2.18. The number of ether oxygens (including phenoxy) is 1. The third-order valence-electron chi connectivity index (χ3n) is 8.07. The minimum Gasteiger partial charge on any atom is -0.508 e. The van der Waals surface area contributed by atoms with E-state index in [9.17, 15) is 28.5 Å². The third kappa shape index (κ3) is 12.4. The molecule has 0 aliphatic carbocycles. The van der Waals surface area contributed by atoms with Crippen molar-refractivity contribution in [3.05, 3.63) is 119 Å². The number of hydrogen-bond acceptors (Lipinski definition) is 9. The van der Waals surface area contributed by atoms with E-state index in [0.29, 0.717) is 37.3 Å². The fraction of sp³-hybridized carbons (Fsp3) is 0.342. The predicted octanol–water partition coefficient (Wildman–Crippen LogP) is 5.82. The minimum atomic E-state index is -4.07. The molecule has 1 atom stereocenters. The van der Waals surface area contributed by atoms with Crippen molar-refractivity contribution in [2.75, 3.05) is 26.3 Å². The molecular formula is C38H46N2O8S. The van der Waals surface area contributed by atoms with Crippen LogP contribution in [0.15, 0.2) is 102 Å². The van der Waals surface area contributed by atoms with Crippen LogP contribution in [0.25, 0.3) is 11.1 Å². The van der Waals surface area contributed by atoms with Crippen LogP contribution < -0.4 is 10.2 Å². The quantitative estimate of drug-likeness (QED) is 0.0537. The number of sulfonamides is 1. The van der Waals surface area contributed by atoms with Crippen LogP contribution in [0.5, 0.6) is 5.75 Å². The summed E-state index contributed by atoms with van der Waals surface area (Å²) < 4.78 is 31.4. The number of aryl methyl sites for hydroxylation is 1. The van der Waals surface area contributed by atoms with Crippen molar-refractivity contribution in [3.8, 4) is 16.9 Å². The fourth-order valence-corrected chi connectivity index (χ4v) is 6.10. The third-order valence-corrected chi connectivity index (χ3v) is 9.25. The van der Waals surface area contributed by atoms with Gasteiger partial charge in [0.05, 0.1) is 23.2 Å². The highest BCUT2D eigenvalue weighted by atomic mass is 32.2. The lowest BCUT2D eigenvalue weighted by molar-refractivity contribution is 0.0407. The Morgan fingerprint density at radius 1 is 0.776 bits per heavy atom. The monoisotopic (exact) mass is 690 g/mol. The summed E-state index contributed by atoms with van der Waals surface area (Å²) in [5, 5.41) is 32.5. The number of rotatable bonds is 21. The first-order valence-corrected chi connectivity index (χ1v) is 18.1. The first-order valence-electron chi connectivity index (χ1n) is 16.6. The Morgan fingerprint density at radius 3 is 2.27 bits per heavy atom. The first kappa shape index (κ1) is 37.7. The molecule has 0 unspecified atom stereocenters. The molecule has 0 radical (unpaired) electrons. The van der Waals surface area contributed by atoms with Crippen LogP contribution in [0.1, 0.15) is 71.7 Å². The fourth-order valence-electron chi connectivity index (χ4n) is 5.26. The SMILES string of the molecule is O=C(ONS(=O)(=O)c1cccc(CCCOCCCCCCCNC[C@H](O)c2ccc(O)c(CO)c2)c1)c1ccc(-c2ccccc2)cc1. The molecule has 10 nitrogen and oxygen atoms in total. The van der Waals surface area contributed by atoms with E-state index in [1.165, 1.54) is 12.1 Å². The van der Waals surface area contributed by atoms with Gasteiger partial charge >= 0.3 is 5.97 Å². The van der Waals surface area contributed by atoms with Gasteiger partial charge in [0.2, 0.25) is 0 Å². The molecule has 4 aromatic carbocycles. The number of carbonyl (C=O) groups excluding carboxylic acids is 1. The van der Waals surface area contributed by atoms with Gasteiger partial charge in [-0.3, -0.25) is 0 Å². The van der Waals surface area contributed by atoms with Gasteiger partial charge in [-0.15, -0.1) is 0 Å². The van der Waals surface area contributed by atoms with Crippen LogP contribution in [-0.4, -0.2) is 56.0 Å². The number of hydrogen-bond donors (Lipinski definition) is 5. The Balaban J connectivity index is 1.04. The van der Waals surface area contributed by atoms with E-state index >= 15 is 0 Å². The van der Waals surface area contributed by atoms with E-state index < -0.39 is 22.1 Å². The zero-order chi connectivity index (χ0) is 34.9. The van der Waals surface area contributed by atoms with Crippen LogP contribution in [0.3, 0.4) is 0 Å². The maximum Gasteiger partial charge on any atom is 0.357 e. The van der Waals surface area contributed by atoms with Gasteiger partial charge in [0.1, 0.15) is 5.75 Å². The summed E-state index contributed by atoms with van der Waals surface area (Å²) in [7, 11) is -4.07. The Bertz CT molecular complexity index is 1700. The summed E-state index contributed by atoms with van der Waals surface area (Å²) in [4.78, 5) is 19.4. The van der Waals surface area contributed by atoms with Gasteiger partial charge in [0.25, 0.3) is 10.0 Å². The van der Waals surface area contributed by atoms with E-state index in [1.54, 1.807) is 48.5 Å².